The first-order valence-electron chi connectivity index (χ1n) is 3.79. The summed E-state index contributed by atoms with van der Waals surface area (Å²) in [5, 5.41) is 8.38. The molecule has 0 saturated carbocycles. The minimum atomic E-state index is -0.0843. The Kier molecular flexibility index (Phi) is 5.65. The highest BCUT2D eigenvalue weighted by atomic mass is 16.3. The number of unbranched alkanes of at least 4 members (excludes halogenated alkanes) is 1. The van der Waals surface area contributed by atoms with Crippen LogP contribution in [0.5, 0.6) is 0 Å². The summed E-state index contributed by atoms with van der Waals surface area (Å²) in [4.78, 5) is 21.2. The van der Waals surface area contributed by atoms with Crippen LogP contribution in [0.3, 0.4) is 0 Å². The number of rotatable bonds is 6. The first-order valence-corrected chi connectivity index (χ1v) is 3.79. The lowest BCUT2D eigenvalue weighted by molar-refractivity contribution is -0.125. The number of hydrogen-bond donors (Lipinski definition) is 1. The summed E-state index contributed by atoms with van der Waals surface area (Å²) in [5.74, 6) is -0.107. The van der Waals surface area contributed by atoms with Crippen molar-refractivity contribution in [3.05, 3.63) is 0 Å². The molecule has 0 spiro atoms. The highest BCUT2D eigenvalue weighted by Gasteiger charge is 2.03. The van der Waals surface area contributed by atoms with E-state index in [1.54, 1.807) is 0 Å². The molecule has 0 unspecified atom stereocenters. The second kappa shape index (κ2) is 6.04. The fourth-order valence-electron chi connectivity index (χ4n) is 0.800. The van der Waals surface area contributed by atoms with Crippen LogP contribution in [0, 0.1) is 0 Å². The highest BCUT2D eigenvalue weighted by Crippen LogP contribution is 1.98. The fourth-order valence-corrected chi connectivity index (χ4v) is 0.800. The molecular weight excluding hydrogens is 144 g/mol. The van der Waals surface area contributed by atoms with Gasteiger partial charge in [-0.25, -0.2) is 0 Å². The maximum absolute atomic E-state index is 10.8. The highest BCUT2D eigenvalue weighted by molar-refractivity contribution is 5.97. The van der Waals surface area contributed by atoms with Crippen molar-refractivity contribution in [1.82, 2.24) is 0 Å². The van der Waals surface area contributed by atoms with E-state index in [0.29, 0.717) is 19.3 Å². The first-order chi connectivity index (χ1) is 5.16. The maximum Gasteiger partial charge on any atom is 0.140 e. The molecule has 0 aliphatic rings. The van der Waals surface area contributed by atoms with Crippen molar-refractivity contribution in [3.63, 3.8) is 0 Å². The van der Waals surface area contributed by atoms with Crippen molar-refractivity contribution in [2.45, 2.75) is 32.6 Å². The minimum Gasteiger partial charge on any atom is -0.396 e. The maximum atomic E-state index is 10.8. The van der Waals surface area contributed by atoms with Crippen LogP contribution in [-0.2, 0) is 9.59 Å². The van der Waals surface area contributed by atoms with Crippen molar-refractivity contribution in [2.75, 3.05) is 6.61 Å². The minimum absolute atomic E-state index is 0.0223. The quantitative estimate of drug-likeness (QED) is 0.457. The summed E-state index contributed by atoms with van der Waals surface area (Å²) in [6, 6.07) is 0. The van der Waals surface area contributed by atoms with Gasteiger partial charge >= 0.3 is 0 Å². The third-order valence-corrected chi connectivity index (χ3v) is 1.31. The lowest BCUT2D eigenvalue weighted by Crippen LogP contribution is -2.04. The summed E-state index contributed by atoms with van der Waals surface area (Å²) < 4.78 is 0. The normalized spacial score (nSPS) is 9.64. The average molecular weight is 158 g/mol. The molecule has 11 heavy (non-hydrogen) atoms. The molecular formula is C8H14O3. The zero-order valence-electron chi connectivity index (χ0n) is 6.80. The van der Waals surface area contributed by atoms with Crippen LogP contribution in [0.15, 0.2) is 0 Å². The van der Waals surface area contributed by atoms with Gasteiger partial charge in [-0.1, -0.05) is 0 Å². The molecule has 0 aliphatic heterocycles. The summed E-state index contributed by atoms with van der Waals surface area (Å²) in [6.07, 6.45) is 1.79. The molecule has 0 aromatic carbocycles. The fraction of sp³-hybridized carbons (Fsp3) is 0.750. The van der Waals surface area contributed by atoms with E-state index in [2.05, 4.69) is 0 Å². The van der Waals surface area contributed by atoms with Gasteiger partial charge in [0.05, 0.1) is 6.42 Å². The van der Waals surface area contributed by atoms with E-state index in [1.165, 1.54) is 6.92 Å². The molecule has 0 radical (unpaired) electrons. The lowest BCUT2D eigenvalue weighted by Gasteiger charge is -1.95. The van der Waals surface area contributed by atoms with Gasteiger partial charge in [0.1, 0.15) is 11.6 Å². The monoisotopic (exact) mass is 158 g/mol. The number of Topliss-reactive ketones (excluding diaryl/α,β-unsaturated/α-hetero) is 2. The van der Waals surface area contributed by atoms with E-state index in [9.17, 15) is 9.59 Å². The van der Waals surface area contributed by atoms with E-state index in [1.807, 2.05) is 0 Å². The molecule has 0 aromatic rings. The van der Waals surface area contributed by atoms with Crippen molar-refractivity contribution in [2.24, 2.45) is 0 Å². The van der Waals surface area contributed by atoms with E-state index < -0.39 is 0 Å². The molecule has 3 nitrogen and oxygen atoms in total. The number of aliphatic hydroxyl groups is 1. The summed E-state index contributed by atoms with van der Waals surface area (Å²) >= 11 is 0. The van der Waals surface area contributed by atoms with Crippen molar-refractivity contribution < 1.29 is 14.7 Å². The number of carbonyl (C=O) groups is 2. The second-order valence-electron chi connectivity index (χ2n) is 2.60. The molecule has 0 aliphatic carbocycles. The predicted molar refractivity (Wildman–Crippen MR) is 41.2 cm³/mol. The van der Waals surface area contributed by atoms with Gasteiger partial charge in [0, 0.05) is 13.0 Å². The third-order valence-electron chi connectivity index (χ3n) is 1.31. The number of aliphatic hydroxyl groups excluding tert-OH is 1. The van der Waals surface area contributed by atoms with Gasteiger partial charge in [-0.05, 0) is 19.8 Å². The van der Waals surface area contributed by atoms with Crippen LogP contribution in [0.4, 0.5) is 0 Å². The SMILES string of the molecule is CC(=O)CC(=O)CCCCO. The molecule has 0 heterocycles. The largest absolute Gasteiger partial charge is 0.396 e. The Bertz CT molecular complexity index is 140. The topological polar surface area (TPSA) is 54.4 Å². The molecule has 0 amide bonds. The summed E-state index contributed by atoms with van der Waals surface area (Å²) in [7, 11) is 0. The van der Waals surface area contributed by atoms with E-state index in [-0.39, 0.29) is 24.6 Å². The second-order valence-corrected chi connectivity index (χ2v) is 2.60. The van der Waals surface area contributed by atoms with Crippen LogP contribution in [-0.4, -0.2) is 23.3 Å². The van der Waals surface area contributed by atoms with Crippen molar-refractivity contribution in [1.29, 1.82) is 0 Å². The van der Waals surface area contributed by atoms with Crippen LogP contribution in [0.1, 0.15) is 32.6 Å². The van der Waals surface area contributed by atoms with Gasteiger partial charge in [0.25, 0.3) is 0 Å². The third kappa shape index (κ3) is 7.19. The zero-order valence-corrected chi connectivity index (χ0v) is 6.80. The van der Waals surface area contributed by atoms with Crippen LogP contribution in [0.25, 0.3) is 0 Å². The summed E-state index contributed by atoms with van der Waals surface area (Å²) in [6.45, 7) is 1.53. The number of hydrogen-bond acceptors (Lipinski definition) is 3. The van der Waals surface area contributed by atoms with Crippen LogP contribution >= 0.6 is 0 Å². The number of carbonyl (C=O) groups excluding carboxylic acids is 2. The van der Waals surface area contributed by atoms with Gasteiger partial charge in [-0.2, -0.15) is 0 Å². The van der Waals surface area contributed by atoms with Crippen molar-refractivity contribution >= 4 is 11.6 Å². The molecule has 1 N–H and O–H groups in total. The Balaban J connectivity index is 3.30. The van der Waals surface area contributed by atoms with Gasteiger partial charge in [-0.15, -0.1) is 0 Å². The van der Waals surface area contributed by atoms with E-state index in [0.717, 1.165) is 0 Å². The smallest absolute Gasteiger partial charge is 0.140 e. The predicted octanol–water partition coefficient (Wildman–Crippen LogP) is 0.697. The molecule has 3 heteroatoms. The van der Waals surface area contributed by atoms with Gasteiger partial charge in [0.2, 0.25) is 0 Å². The zero-order chi connectivity index (χ0) is 8.69. The Morgan fingerprint density at radius 1 is 1.27 bits per heavy atom. The molecule has 0 atom stereocenters. The standard InChI is InChI=1S/C8H14O3/c1-7(10)6-8(11)4-2-3-5-9/h9H,2-6H2,1H3. The molecule has 0 rings (SSSR count). The first kappa shape index (κ1) is 10.3. The Morgan fingerprint density at radius 2 is 1.91 bits per heavy atom. The summed E-state index contributed by atoms with van der Waals surface area (Å²) in [5.41, 5.74) is 0. The Hall–Kier alpha value is -0.700. The Morgan fingerprint density at radius 3 is 2.36 bits per heavy atom. The average Bonchev–Trinajstić information content (AvgIpc) is 1.86. The van der Waals surface area contributed by atoms with E-state index in [4.69, 9.17) is 5.11 Å². The van der Waals surface area contributed by atoms with E-state index >= 15 is 0 Å². The number of ketones is 2. The van der Waals surface area contributed by atoms with Crippen molar-refractivity contribution in [3.8, 4) is 0 Å². The lowest BCUT2D eigenvalue weighted by atomic mass is 10.1. The van der Waals surface area contributed by atoms with Crippen LogP contribution in [0.2, 0.25) is 0 Å². The molecule has 0 saturated heterocycles. The molecule has 0 fully saturated rings. The molecule has 0 bridgehead atoms. The van der Waals surface area contributed by atoms with Gasteiger partial charge in [0.15, 0.2) is 0 Å². The van der Waals surface area contributed by atoms with Gasteiger partial charge in [-0.3, -0.25) is 9.59 Å². The van der Waals surface area contributed by atoms with Crippen LogP contribution < -0.4 is 0 Å². The van der Waals surface area contributed by atoms with Gasteiger partial charge < -0.3 is 5.11 Å². The molecule has 0 aromatic heterocycles. The molecule has 64 valence electrons. The Labute approximate surface area is 66.4 Å².